The maximum absolute atomic E-state index is 12.4. The number of amides is 3. The molecule has 25 heavy (non-hydrogen) atoms. The summed E-state index contributed by atoms with van der Waals surface area (Å²) in [6, 6.07) is 5.87. The summed E-state index contributed by atoms with van der Waals surface area (Å²) in [6.07, 6.45) is 1.52. The van der Waals surface area contributed by atoms with Crippen molar-refractivity contribution in [3.63, 3.8) is 0 Å². The zero-order valence-electron chi connectivity index (χ0n) is 13.5. The van der Waals surface area contributed by atoms with Crippen LogP contribution in [0, 0.1) is 0 Å². The van der Waals surface area contributed by atoms with Gasteiger partial charge in [-0.05, 0) is 30.8 Å². The Kier molecular flexibility index (Phi) is 5.81. The number of para-hydroxylation sites is 1. The highest BCUT2D eigenvalue weighted by molar-refractivity contribution is 8.18. The van der Waals surface area contributed by atoms with E-state index in [9.17, 15) is 19.2 Å². The van der Waals surface area contributed by atoms with Crippen LogP contribution in [0.2, 0.25) is 0 Å². The van der Waals surface area contributed by atoms with Crippen molar-refractivity contribution in [2.45, 2.75) is 13.0 Å². The van der Waals surface area contributed by atoms with Gasteiger partial charge < -0.3 is 15.2 Å². The van der Waals surface area contributed by atoms with Crippen molar-refractivity contribution >= 4 is 40.9 Å². The highest BCUT2D eigenvalue weighted by atomic mass is 32.2. The Morgan fingerprint density at radius 2 is 2.04 bits per heavy atom. The molecule has 1 aliphatic heterocycles. The number of rotatable bonds is 6. The Labute approximate surface area is 147 Å². The summed E-state index contributed by atoms with van der Waals surface area (Å²) in [5.74, 6) is -2.00. The van der Waals surface area contributed by atoms with E-state index in [-0.39, 0.29) is 4.91 Å². The first kappa shape index (κ1) is 18.5. The van der Waals surface area contributed by atoms with E-state index < -0.39 is 35.6 Å². The van der Waals surface area contributed by atoms with Crippen LogP contribution < -0.4 is 10.1 Å². The lowest BCUT2D eigenvalue weighted by atomic mass is 10.2. The van der Waals surface area contributed by atoms with E-state index in [1.54, 1.807) is 24.3 Å². The fourth-order valence-corrected chi connectivity index (χ4v) is 2.88. The third kappa shape index (κ3) is 4.38. The number of imide groups is 1. The SMILES string of the molecule is COc1ccccc1/C=C1\SC(=O)N(CC(=O)NC(C)C(=O)O)C1=O. The van der Waals surface area contributed by atoms with Gasteiger partial charge in [0, 0.05) is 5.56 Å². The standard InChI is InChI=1S/C16H16N2O6S/c1-9(15(21)22)17-13(19)8-18-14(20)12(25-16(18)23)7-10-5-3-4-6-11(10)24-2/h3-7,9H,8H2,1-2H3,(H,17,19)(H,21,22)/b12-7-. The Bertz CT molecular complexity index is 761. The van der Waals surface area contributed by atoms with Crippen LogP contribution in [0.5, 0.6) is 5.75 Å². The van der Waals surface area contributed by atoms with E-state index in [1.807, 2.05) is 0 Å². The minimum atomic E-state index is -1.21. The number of nitrogens with zero attached hydrogens (tertiary/aromatic N) is 1. The molecule has 1 saturated heterocycles. The molecule has 8 nitrogen and oxygen atoms in total. The molecule has 1 fully saturated rings. The van der Waals surface area contributed by atoms with Crippen LogP contribution in [0.15, 0.2) is 29.2 Å². The molecule has 1 aromatic carbocycles. The summed E-state index contributed by atoms with van der Waals surface area (Å²) >= 11 is 0.710. The maximum atomic E-state index is 12.4. The zero-order chi connectivity index (χ0) is 18.6. The molecule has 1 aromatic rings. The molecule has 1 unspecified atom stereocenters. The number of thioether (sulfide) groups is 1. The summed E-state index contributed by atoms with van der Waals surface area (Å²) in [5, 5.41) is 10.4. The largest absolute Gasteiger partial charge is 0.496 e. The summed E-state index contributed by atoms with van der Waals surface area (Å²) in [7, 11) is 1.49. The van der Waals surface area contributed by atoms with Gasteiger partial charge in [-0.3, -0.25) is 24.1 Å². The lowest BCUT2D eigenvalue weighted by Crippen LogP contribution is -2.45. The van der Waals surface area contributed by atoms with Crippen molar-refractivity contribution in [1.29, 1.82) is 0 Å². The lowest BCUT2D eigenvalue weighted by molar-refractivity contribution is -0.141. The summed E-state index contributed by atoms with van der Waals surface area (Å²) < 4.78 is 5.19. The van der Waals surface area contributed by atoms with Gasteiger partial charge in [0.05, 0.1) is 12.0 Å². The molecule has 0 radical (unpaired) electrons. The Hall–Kier alpha value is -2.81. The third-order valence-corrected chi connectivity index (χ3v) is 4.26. The number of ether oxygens (including phenoxy) is 1. The molecular weight excluding hydrogens is 348 g/mol. The quantitative estimate of drug-likeness (QED) is 0.732. The minimum absolute atomic E-state index is 0.161. The fraction of sp³-hybridized carbons (Fsp3) is 0.250. The highest BCUT2D eigenvalue weighted by Gasteiger charge is 2.36. The van der Waals surface area contributed by atoms with Gasteiger partial charge in [0.15, 0.2) is 0 Å². The number of carboxylic acid groups (broad SMARTS) is 1. The van der Waals surface area contributed by atoms with Crippen molar-refractivity contribution in [2.24, 2.45) is 0 Å². The van der Waals surface area contributed by atoms with Crippen molar-refractivity contribution in [3.05, 3.63) is 34.7 Å². The number of benzene rings is 1. The lowest BCUT2D eigenvalue weighted by Gasteiger charge is -2.14. The molecule has 0 spiro atoms. The number of methoxy groups -OCH3 is 1. The van der Waals surface area contributed by atoms with Crippen LogP contribution in [0.1, 0.15) is 12.5 Å². The normalized spacial score (nSPS) is 16.9. The summed E-state index contributed by atoms with van der Waals surface area (Å²) in [5.41, 5.74) is 0.624. The van der Waals surface area contributed by atoms with Gasteiger partial charge >= 0.3 is 5.97 Å². The second-order valence-electron chi connectivity index (χ2n) is 5.14. The highest BCUT2D eigenvalue weighted by Crippen LogP contribution is 2.33. The topological polar surface area (TPSA) is 113 Å². The van der Waals surface area contributed by atoms with Gasteiger partial charge in [-0.15, -0.1) is 0 Å². The van der Waals surface area contributed by atoms with Crippen molar-refractivity contribution in [2.75, 3.05) is 13.7 Å². The van der Waals surface area contributed by atoms with E-state index in [0.29, 0.717) is 23.1 Å². The monoisotopic (exact) mass is 364 g/mol. The van der Waals surface area contributed by atoms with E-state index in [2.05, 4.69) is 5.32 Å². The fourth-order valence-electron chi connectivity index (χ4n) is 2.06. The van der Waals surface area contributed by atoms with Crippen LogP contribution in [-0.2, 0) is 14.4 Å². The Morgan fingerprint density at radius 1 is 1.36 bits per heavy atom. The van der Waals surface area contributed by atoms with Crippen molar-refractivity contribution in [1.82, 2.24) is 10.2 Å². The van der Waals surface area contributed by atoms with Gasteiger partial charge in [-0.2, -0.15) is 0 Å². The van der Waals surface area contributed by atoms with Crippen molar-refractivity contribution in [3.8, 4) is 5.75 Å². The van der Waals surface area contributed by atoms with Gasteiger partial charge in [-0.25, -0.2) is 0 Å². The first-order valence-corrected chi connectivity index (χ1v) is 8.05. The maximum Gasteiger partial charge on any atom is 0.325 e. The Morgan fingerprint density at radius 3 is 2.68 bits per heavy atom. The van der Waals surface area contributed by atoms with E-state index in [1.165, 1.54) is 20.1 Å². The Balaban J connectivity index is 2.13. The smallest absolute Gasteiger partial charge is 0.325 e. The zero-order valence-corrected chi connectivity index (χ0v) is 14.3. The van der Waals surface area contributed by atoms with E-state index in [4.69, 9.17) is 9.84 Å². The number of carbonyl (C=O) groups is 4. The van der Waals surface area contributed by atoms with Gasteiger partial charge in [-0.1, -0.05) is 18.2 Å². The molecule has 0 aromatic heterocycles. The summed E-state index contributed by atoms with van der Waals surface area (Å²) in [6.45, 7) is 0.751. The molecule has 132 valence electrons. The molecule has 3 amide bonds. The molecule has 1 heterocycles. The number of carbonyl (C=O) groups excluding carboxylic acids is 3. The average Bonchev–Trinajstić information content (AvgIpc) is 2.82. The summed E-state index contributed by atoms with van der Waals surface area (Å²) in [4.78, 5) is 47.8. The third-order valence-electron chi connectivity index (χ3n) is 3.35. The number of nitrogens with one attached hydrogen (secondary N) is 1. The number of hydrogen-bond acceptors (Lipinski definition) is 6. The first-order chi connectivity index (χ1) is 11.8. The molecule has 0 saturated carbocycles. The van der Waals surface area contributed by atoms with Crippen LogP contribution in [-0.4, -0.2) is 52.7 Å². The number of aliphatic carboxylic acids is 1. The predicted octanol–water partition coefficient (Wildman–Crippen LogP) is 1.32. The average molecular weight is 364 g/mol. The molecular formula is C16H16N2O6S. The van der Waals surface area contributed by atoms with E-state index >= 15 is 0 Å². The second kappa shape index (κ2) is 7.84. The van der Waals surface area contributed by atoms with Crippen molar-refractivity contribution < 1.29 is 29.0 Å². The van der Waals surface area contributed by atoms with Gasteiger partial charge in [0.2, 0.25) is 5.91 Å². The molecule has 2 rings (SSSR count). The number of hydrogen-bond donors (Lipinski definition) is 2. The van der Waals surface area contributed by atoms with Crippen LogP contribution in [0.25, 0.3) is 6.08 Å². The van der Waals surface area contributed by atoms with Gasteiger partial charge in [0.25, 0.3) is 11.1 Å². The second-order valence-corrected chi connectivity index (χ2v) is 6.13. The minimum Gasteiger partial charge on any atom is -0.496 e. The molecule has 1 atom stereocenters. The molecule has 0 bridgehead atoms. The van der Waals surface area contributed by atoms with Gasteiger partial charge in [0.1, 0.15) is 18.3 Å². The number of carboxylic acids is 1. The van der Waals surface area contributed by atoms with Crippen LogP contribution >= 0.6 is 11.8 Å². The molecule has 2 N–H and O–H groups in total. The molecule has 1 aliphatic rings. The molecule has 9 heteroatoms. The first-order valence-electron chi connectivity index (χ1n) is 7.24. The van der Waals surface area contributed by atoms with E-state index in [0.717, 1.165) is 4.90 Å². The molecule has 0 aliphatic carbocycles. The predicted molar refractivity (Wildman–Crippen MR) is 90.9 cm³/mol. The van der Waals surface area contributed by atoms with Crippen LogP contribution in [0.4, 0.5) is 4.79 Å². The van der Waals surface area contributed by atoms with Crippen LogP contribution in [0.3, 0.4) is 0 Å².